The number of alkyl halides is 3. The monoisotopic (exact) mass is 398 g/mol. The van der Waals surface area contributed by atoms with Gasteiger partial charge in [-0.15, -0.1) is 0 Å². The summed E-state index contributed by atoms with van der Waals surface area (Å²) < 4.78 is 45.8. The Morgan fingerprint density at radius 3 is 2.48 bits per heavy atom. The molecule has 2 aromatic heterocycles. The molecule has 0 spiro atoms. The number of halogens is 3. The average Bonchev–Trinajstić information content (AvgIpc) is 3.21. The van der Waals surface area contributed by atoms with Crippen LogP contribution >= 0.6 is 0 Å². The van der Waals surface area contributed by atoms with E-state index in [2.05, 4.69) is 10.3 Å². The van der Waals surface area contributed by atoms with Crippen LogP contribution in [-0.4, -0.2) is 10.1 Å². The molecule has 1 atom stereocenters. The lowest BCUT2D eigenvalue weighted by molar-refractivity contribution is -0.137. The van der Waals surface area contributed by atoms with E-state index in [1.165, 1.54) is 24.5 Å². The smallest absolute Gasteiger partial charge is 0.418 e. The molecule has 4 rings (SSSR count). The molecule has 0 bridgehead atoms. The van der Waals surface area contributed by atoms with E-state index in [0.29, 0.717) is 16.8 Å². The quantitative estimate of drug-likeness (QED) is 0.439. The molecule has 0 radical (unpaired) electrons. The normalized spacial score (nSPS) is 12.8. The predicted octanol–water partition coefficient (Wildman–Crippen LogP) is 6.06. The summed E-state index contributed by atoms with van der Waals surface area (Å²) in [6.07, 6.45) is -3.10. The summed E-state index contributed by atoms with van der Waals surface area (Å²) in [4.78, 5) is 4.38. The Morgan fingerprint density at radius 1 is 1.00 bits per heavy atom. The molecular weight excluding hydrogens is 381 g/mol. The fraction of sp³-hybridized carbons (Fsp3) is 0.136. The van der Waals surface area contributed by atoms with Crippen molar-refractivity contribution in [1.82, 2.24) is 4.98 Å². The minimum atomic E-state index is -4.53. The van der Waals surface area contributed by atoms with Gasteiger partial charge in [0.25, 0.3) is 0 Å². The fourth-order valence-electron chi connectivity index (χ4n) is 3.29. The molecule has 7 heteroatoms. The molecule has 0 aliphatic carbocycles. The number of hydrogen-bond acceptors (Lipinski definition) is 4. The number of phenolic OH excluding ortho intramolecular Hbond substituents is 1. The topological polar surface area (TPSA) is 58.3 Å². The molecule has 148 valence electrons. The number of aromatic nitrogens is 1. The summed E-state index contributed by atoms with van der Waals surface area (Å²) in [5.74, 6) is 0.258. The van der Waals surface area contributed by atoms with Gasteiger partial charge < -0.3 is 14.8 Å². The molecule has 0 saturated heterocycles. The van der Waals surface area contributed by atoms with Crippen LogP contribution in [0.1, 0.15) is 28.6 Å². The molecule has 1 unspecified atom stereocenters. The number of nitrogens with one attached hydrogen (secondary N) is 1. The van der Waals surface area contributed by atoms with E-state index in [9.17, 15) is 18.3 Å². The second kappa shape index (κ2) is 7.16. The maximum absolute atomic E-state index is 13.5. The lowest BCUT2D eigenvalue weighted by atomic mass is 9.99. The molecule has 0 amide bonds. The lowest BCUT2D eigenvalue weighted by Gasteiger charge is -2.22. The van der Waals surface area contributed by atoms with Crippen LogP contribution in [0, 0.1) is 6.92 Å². The lowest BCUT2D eigenvalue weighted by Crippen LogP contribution is -2.16. The number of benzene rings is 2. The highest BCUT2D eigenvalue weighted by atomic mass is 19.4. The number of aromatic hydroxyl groups is 1. The van der Waals surface area contributed by atoms with Crippen molar-refractivity contribution in [2.45, 2.75) is 19.1 Å². The van der Waals surface area contributed by atoms with E-state index < -0.39 is 17.8 Å². The SMILES string of the molecule is Cc1ccc2ccc(C(Nc3ccccc3C(F)(F)F)c3ccco3)c(O)c2n1. The van der Waals surface area contributed by atoms with E-state index in [1.807, 2.05) is 12.1 Å². The van der Waals surface area contributed by atoms with Crippen LogP contribution in [0.15, 0.2) is 71.3 Å². The van der Waals surface area contributed by atoms with Gasteiger partial charge in [-0.25, -0.2) is 4.98 Å². The molecule has 0 fully saturated rings. The van der Waals surface area contributed by atoms with Gasteiger partial charge in [0.15, 0.2) is 0 Å². The Balaban J connectivity index is 1.86. The number of fused-ring (bicyclic) bond motifs is 1. The maximum atomic E-state index is 13.5. The summed E-state index contributed by atoms with van der Waals surface area (Å²) in [5.41, 5.74) is 0.547. The molecule has 2 heterocycles. The van der Waals surface area contributed by atoms with E-state index in [0.717, 1.165) is 17.1 Å². The summed E-state index contributed by atoms with van der Waals surface area (Å²) in [7, 11) is 0. The fourth-order valence-corrected chi connectivity index (χ4v) is 3.29. The van der Waals surface area contributed by atoms with E-state index in [4.69, 9.17) is 4.42 Å². The molecule has 4 nitrogen and oxygen atoms in total. The van der Waals surface area contributed by atoms with Crippen LogP contribution in [0.4, 0.5) is 18.9 Å². The maximum Gasteiger partial charge on any atom is 0.418 e. The second-order valence-corrected chi connectivity index (χ2v) is 6.66. The third-order valence-corrected chi connectivity index (χ3v) is 4.68. The molecule has 29 heavy (non-hydrogen) atoms. The van der Waals surface area contributed by atoms with Crippen LogP contribution in [0.2, 0.25) is 0 Å². The van der Waals surface area contributed by atoms with Crippen LogP contribution in [0.25, 0.3) is 10.9 Å². The first-order valence-electron chi connectivity index (χ1n) is 8.90. The Hall–Kier alpha value is -3.48. The van der Waals surface area contributed by atoms with Gasteiger partial charge in [0.05, 0.1) is 11.8 Å². The minimum absolute atomic E-state index is 0.107. The van der Waals surface area contributed by atoms with Crippen molar-refractivity contribution in [3.63, 3.8) is 0 Å². The van der Waals surface area contributed by atoms with Crippen LogP contribution in [0.5, 0.6) is 5.75 Å². The van der Waals surface area contributed by atoms with Gasteiger partial charge >= 0.3 is 6.18 Å². The molecule has 0 aliphatic rings. The first-order chi connectivity index (χ1) is 13.8. The standard InChI is InChI=1S/C22H17F3N2O2/c1-13-8-9-14-10-11-15(21(28)19(14)26-13)20(18-7-4-12-29-18)27-17-6-3-2-5-16(17)22(23,24)25/h2-12,20,27-28H,1H3. The molecule has 0 saturated carbocycles. The Morgan fingerprint density at radius 2 is 1.76 bits per heavy atom. The molecule has 4 aromatic rings. The van der Waals surface area contributed by atoms with Gasteiger partial charge in [0.2, 0.25) is 0 Å². The van der Waals surface area contributed by atoms with Gasteiger partial charge in [0, 0.05) is 22.3 Å². The van der Waals surface area contributed by atoms with Crippen molar-refractivity contribution < 1.29 is 22.7 Å². The number of para-hydroxylation sites is 1. The minimum Gasteiger partial charge on any atom is -0.505 e. The van der Waals surface area contributed by atoms with Gasteiger partial charge in [-0.05, 0) is 37.3 Å². The van der Waals surface area contributed by atoms with Gasteiger partial charge in [-0.2, -0.15) is 13.2 Å². The van der Waals surface area contributed by atoms with E-state index >= 15 is 0 Å². The van der Waals surface area contributed by atoms with Gasteiger partial charge in [-0.3, -0.25) is 0 Å². The number of nitrogens with zero attached hydrogens (tertiary/aromatic N) is 1. The molecule has 2 N–H and O–H groups in total. The zero-order chi connectivity index (χ0) is 20.6. The third kappa shape index (κ3) is 3.63. The number of hydrogen-bond donors (Lipinski definition) is 2. The number of rotatable bonds is 4. The predicted molar refractivity (Wildman–Crippen MR) is 104 cm³/mol. The summed E-state index contributed by atoms with van der Waals surface area (Å²) >= 11 is 0. The Bertz CT molecular complexity index is 1150. The van der Waals surface area contributed by atoms with Crippen molar-refractivity contribution in [2.75, 3.05) is 5.32 Å². The van der Waals surface area contributed by atoms with E-state index in [-0.39, 0.29) is 11.4 Å². The highest BCUT2D eigenvalue weighted by Crippen LogP contribution is 2.40. The highest BCUT2D eigenvalue weighted by Gasteiger charge is 2.34. The second-order valence-electron chi connectivity index (χ2n) is 6.66. The van der Waals surface area contributed by atoms with Gasteiger partial charge in [-0.1, -0.05) is 30.3 Å². The molecular formula is C22H17F3N2O2. The molecule has 0 aliphatic heterocycles. The number of anilines is 1. The van der Waals surface area contributed by atoms with Crippen LogP contribution in [-0.2, 0) is 6.18 Å². The van der Waals surface area contributed by atoms with Crippen molar-refractivity contribution in [3.05, 3.63) is 89.5 Å². The first-order valence-corrected chi connectivity index (χ1v) is 8.90. The van der Waals surface area contributed by atoms with E-state index in [1.54, 1.807) is 31.2 Å². The highest BCUT2D eigenvalue weighted by molar-refractivity contribution is 5.86. The van der Waals surface area contributed by atoms with Crippen molar-refractivity contribution in [2.24, 2.45) is 0 Å². The third-order valence-electron chi connectivity index (χ3n) is 4.68. The number of phenols is 1. The van der Waals surface area contributed by atoms with Crippen molar-refractivity contribution in [1.29, 1.82) is 0 Å². The number of aryl methyl sites for hydroxylation is 1. The first kappa shape index (κ1) is 18.9. The van der Waals surface area contributed by atoms with Crippen LogP contribution in [0.3, 0.4) is 0 Å². The zero-order valence-corrected chi connectivity index (χ0v) is 15.4. The molecule has 2 aromatic carbocycles. The summed E-state index contributed by atoms with van der Waals surface area (Å²) in [6.45, 7) is 1.80. The van der Waals surface area contributed by atoms with Crippen molar-refractivity contribution in [3.8, 4) is 5.75 Å². The van der Waals surface area contributed by atoms with Crippen LogP contribution < -0.4 is 5.32 Å². The summed E-state index contributed by atoms with van der Waals surface area (Å²) in [6, 6.07) is 14.7. The number of pyridine rings is 1. The summed E-state index contributed by atoms with van der Waals surface area (Å²) in [5, 5.41) is 14.5. The largest absolute Gasteiger partial charge is 0.505 e. The van der Waals surface area contributed by atoms with Crippen molar-refractivity contribution >= 4 is 16.6 Å². The average molecular weight is 398 g/mol. The Labute approximate surface area is 164 Å². The zero-order valence-electron chi connectivity index (χ0n) is 15.4. The van der Waals surface area contributed by atoms with Gasteiger partial charge in [0.1, 0.15) is 23.1 Å². The number of furan rings is 1. The Kier molecular flexibility index (Phi) is 4.66.